The average molecular weight is 376 g/mol. The van der Waals surface area contributed by atoms with E-state index in [4.69, 9.17) is 0 Å². The van der Waals surface area contributed by atoms with Crippen LogP contribution in [0.5, 0.6) is 0 Å². The largest absolute Gasteiger partial charge is 0.329 e. The number of nitrogens with zero attached hydrogens (tertiary/aromatic N) is 2. The van der Waals surface area contributed by atoms with Gasteiger partial charge in [-0.05, 0) is 43.2 Å². The molecule has 1 heterocycles. The summed E-state index contributed by atoms with van der Waals surface area (Å²) in [4.78, 5) is 27.1. The highest BCUT2D eigenvalue weighted by atomic mass is 16.6. The number of carbonyl (C=O) groups is 1. The third-order valence-electron chi connectivity index (χ3n) is 4.25. The van der Waals surface area contributed by atoms with Crippen molar-refractivity contribution >= 4 is 17.4 Å². The molecule has 1 unspecified atom stereocenters. The Morgan fingerprint density at radius 1 is 1.07 bits per heavy atom. The van der Waals surface area contributed by atoms with Crippen LogP contribution in [0.15, 0.2) is 72.9 Å². The number of pyridine rings is 1. The molecule has 3 aromatic rings. The first-order valence-corrected chi connectivity index (χ1v) is 8.80. The second-order valence-electron chi connectivity index (χ2n) is 6.40. The Labute approximate surface area is 162 Å². The van der Waals surface area contributed by atoms with Crippen LogP contribution in [0.4, 0.5) is 16.2 Å². The number of hydrogen-bond donors (Lipinski definition) is 2. The predicted molar refractivity (Wildman–Crippen MR) is 107 cm³/mol. The number of hydrogen-bond acceptors (Lipinski definition) is 4. The van der Waals surface area contributed by atoms with Gasteiger partial charge in [0.2, 0.25) is 0 Å². The summed E-state index contributed by atoms with van der Waals surface area (Å²) in [5.41, 5.74) is 3.44. The minimum absolute atomic E-state index is 0.0308. The maximum absolute atomic E-state index is 12.5. The van der Waals surface area contributed by atoms with Crippen molar-refractivity contribution in [2.45, 2.75) is 19.4 Å². The molecule has 0 saturated heterocycles. The van der Waals surface area contributed by atoms with Crippen LogP contribution in [0.2, 0.25) is 0 Å². The van der Waals surface area contributed by atoms with Gasteiger partial charge < -0.3 is 10.6 Å². The molecule has 2 amide bonds. The number of anilines is 1. The Bertz CT molecular complexity index is 942. The van der Waals surface area contributed by atoms with E-state index in [2.05, 4.69) is 15.6 Å². The lowest BCUT2D eigenvalue weighted by molar-refractivity contribution is -0.384. The topological polar surface area (TPSA) is 97.2 Å². The zero-order valence-electron chi connectivity index (χ0n) is 15.3. The third-order valence-corrected chi connectivity index (χ3v) is 4.25. The summed E-state index contributed by atoms with van der Waals surface area (Å²) >= 11 is 0. The third kappa shape index (κ3) is 5.14. The average Bonchev–Trinajstić information content (AvgIpc) is 2.70. The highest BCUT2D eigenvalue weighted by Gasteiger charge is 2.17. The summed E-state index contributed by atoms with van der Waals surface area (Å²) < 4.78 is 0. The molecule has 0 saturated carbocycles. The van der Waals surface area contributed by atoms with Crippen molar-refractivity contribution in [3.63, 3.8) is 0 Å². The van der Waals surface area contributed by atoms with Gasteiger partial charge in [0.25, 0.3) is 5.69 Å². The van der Waals surface area contributed by atoms with Crippen LogP contribution in [0.1, 0.15) is 22.9 Å². The summed E-state index contributed by atoms with van der Waals surface area (Å²) in [5.74, 6) is 0. The highest BCUT2D eigenvalue weighted by molar-refractivity contribution is 5.89. The van der Waals surface area contributed by atoms with E-state index in [0.29, 0.717) is 12.1 Å². The first kappa shape index (κ1) is 19.0. The van der Waals surface area contributed by atoms with E-state index in [1.807, 2.05) is 49.4 Å². The predicted octanol–water partition coefficient (Wildman–Crippen LogP) is 4.40. The lowest BCUT2D eigenvalue weighted by Crippen LogP contribution is -2.34. The Morgan fingerprint density at radius 3 is 2.39 bits per heavy atom. The fourth-order valence-electron chi connectivity index (χ4n) is 2.76. The zero-order valence-corrected chi connectivity index (χ0v) is 15.3. The normalized spacial score (nSPS) is 11.5. The van der Waals surface area contributed by atoms with E-state index >= 15 is 0 Å². The second kappa shape index (κ2) is 8.77. The van der Waals surface area contributed by atoms with Gasteiger partial charge in [0, 0.05) is 24.0 Å². The number of carbonyl (C=O) groups excluding carboxylic acids is 1. The molecule has 0 bridgehead atoms. The number of aromatic nitrogens is 1. The molecule has 2 N–H and O–H groups in total. The van der Waals surface area contributed by atoms with Crippen molar-refractivity contribution in [3.8, 4) is 0 Å². The summed E-state index contributed by atoms with van der Waals surface area (Å²) in [7, 11) is 0. The Balaban J connectivity index is 1.72. The van der Waals surface area contributed by atoms with E-state index in [1.54, 1.807) is 6.20 Å². The van der Waals surface area contributed by atoms with Gasteiger partial charge in [-0.3, -0.25) is 15.1 Å². The smallest absolute Gasteiger partial charge is 0.319 e. The van der Waals surface area contributed by atoms with Gasteiger partial charge in [0.15, 0.2) is 0 Å². The molecule has 1 aromatic heterocycles. The Hall–Kier alpha value is -3.74. The van der Waals surface area contributed by atoms with Crippen molar-refractivity contribution in [2.24, 2.45) is 0 Å². The van der Waals surface area contributed by atoms with E-state index < -0.39 is 11.0 Å². The number of nitrogens with one attached hydrogen (secondary N) is 2. The molecule has 3 rings (SSSR count). The van der Waals surface area contributed by atoms with Gasteiger partial charge in [-0.1, -0.05) is 35.9 Å². The molecule has 0 spiro atoms. The second-order valence-corrected chi connectivity index (χ2v) is 6.40. The number of non-ortho nitro benzene ring substituents is 1. The summed E-state index contributed by atoms with van der Waals surface area (Å²) in [6.07, 6.45) is 2.28. The maximum atomic E-state index is 12.5. The lowest BCUT2D eigenvalue weighted by atomic mass is 10.0. The number of nitro groups is 1. The van der Waals surface area contributed by atoms with Crippen molar-refractivity contribution in [1.82, 2.24) is 10.3 Å². The molecule has 1 atom stereocenters. The SMILES string of the molecule is Cc1ccc(CC(NC(=O)Nc2ccc([N+](=O)[O-])cc2)c2ccccn2)cc1. The first-order chi connectivity index (χ1) is 13.5. The maximum Gasteiger partial charge on any atom is 0.319 e. The molecular weight excluding hydrogens is 356 g/mol. The quantitative estimate of drug-likeness (QED) is 0.492. The number of urea groups is 1. The minimum Gasteiger partial charge on any atom is -0.329 e. The summed E-state index contributed by atoms with van der Waals surface area (Å²) in [6.45, 7) is 2.02. The molecule has 28 heavy (non-hydrogen) atoms. The van der Waals surface area contributed by atoms with Gasteiger partial charge in [-0.15, -0.1) is 0 Å². The number of benzene rings is 2. The lowest BCUT2D eigenvalue weighted by Gasteiger charge is -2.19. The molecule has 142 valence electrons. The van der Waals surface area contributed by atoms with Gasteiger partial charge in [0.05, 0.1) is 16.7 Å². The standard InChI is InChI=1S/C21H20N4O3/c1-15-5-7-16(8-6-15)14-20(19-4-2-3-13-22-19)24-21(26)23-17-9-11-18(12-10-17)25(27)28/h2-13,20H,14H2,1H3,(H2,23,24,26). The van der Waals surface area contributed by atoms with Crippen LogP contribution >= 0.6 is 0 Å². The van der Waals surface area contributed by atoms with Crippen molar-refractivity contribution in [1.29, 1.82) is 0 Å². The molecule has 7 heteroatoms. The fraction of sp³-hybridized carbons (Fsp3) is 0.143. The number of amides is 2. The number of rotatable bonds is 6. The molecule has 0 fully saturated rings. The van der Waals surface area contributed by atoms with Crippen molar-refractivity contribution < 1.29 is 9.72 Å². The molecule has 0 aliphatic carbocycles. The van der Waals surface area contributed by atoms with Gasteiger partial charge in [-0.2, -0.15) is 0 Å². The molecule has 0 aliphatic heterocycles. The zero-order chi connectivity index (χ0) is 19.9. The highest BCUT2D eigenvalue weighted by Crippen LogP contribution is 2.19. The minimum atomic E-state index is -0.484. The van der Waals surface area contributed by atoms with Crippen LogP contribution in [0, 0.1) is 17.0 Å². The van der Waals surface area contributed by atoms with Crippen LogP contribution in [-0.4, -0.2) is 15.9 Å². The Morgan fingerprint density at radius 2 is 1.79 bits per heavy atom. The van der Waals surface area contributed by atoms with Crippen molar-refractivity contribution in [3.05, 3.63) is 99.9 Å². The van der Waals surface area contributed by atoms with Gasteiger partial charge in [-0.25, -0.2) is 4.79 Å². The van der Waals surface area contributed by atoms with Crippen LogP contribution < -0.4 is 10.6 Å². The van der Waals surface area contributed by atoms with E-state index in [9.17, 15) is 14.9 Å². The number of nitro benzene ring substituents is 1. The monoisotopic (exact) mass is 376 g/mol. The molecule has 7 nitrogen and oxygen atoms in total. The van der Waals surface area contributed by atoms with Crippen LogP contribution in [-0.2, 0) is 6.42 Å². The number of aryl methyl sites for hydroxylation is 1. The van der Waals surface area contributed by atoms with E-state index in [-0.39, 0.29) is 11.7 Å². The van der Waals surface area contributed by atoms with E-state index in [1.165, 1.54) is 29.8 Å². The first-order valence-electron chi connectivity index (χ1n) is 8.80. The molecule has 0 aliphatic rings. The van der Waals surface area contributed by atoms with Crippen molar-refractivity contribution in [2.75, 3.05) is 5.32 Å². The summed E-state index contributed by atoms with van der Waals surface area (Å²) in [6, 6.07) is 18.6. The molecular formula is C21H20N4O3. The van der Waals surface area contributed by atoms with E-state index in [0.717, 1.165) is 11.3 Å². The molecule has 2 aromatic carbocycles. The van der Waals surface area contributed by atoms with Gasteiger partial charge in [0.1, 0.15) is 0 Å². The van der Waals surface area contributed by atoms with Crippen LogP contribution in [0.25, 0.3) is 0 Å². The van der Waals surface area contributed by atoms with Crippen LogP contribution in [0.3, 0.4) is 0 Å². The fourth-order valence-corrected chi connectivity index (χ4v) is 2.76. The Kier molecular flexibility index (Phi) is 5.96. The summed E-state index contributed by atoms with van der Waals surface area (Å²) in [5, 5.41) is 16.4. The molecule has 0 radical (unpaired) electrons. The van der Waals surface area contributed by atoms with Gasteiger partial charge >= 0.3 is 6.03 Å².